The SMILES string of the molecule is CC(C)NC(=O)c1cc(C(C)C)sn1.[HH]. The van der Waals surface area contributed by atoms with E-state index in [1.807, 2.05) is 19.9 Å². The number of rotatable bonds is 3. The van der Waals surface area contributed by atoms with Gasteiger partial charge in [0.15, 0.2) is 0 Å². The van der Waals surface area contributed by atoms with Crippen LogP contribution >= 0.6 is 11.5 Å². The summed E-state index contributed by atoms with van der Waals surface area (Å²) >= 11 is 1.40. The molecule has 3 nitrogen and oxygen atoms in total. The maximum Gasteiger partial charge on any atom is 0.271 e. The van der Waals surface area contributed by atoms with Crippen molar-refractivity contribution < 1.29 is 6.22 Å². The minimum Gasteiger partial charge on any atom is -0.348 e. The Labute approximate surface area is 90.2 Å². The number of hydrogen-bond donors (Lipinski definition) is 1. The van der Waals surface area contributed by atoms with E-state index in [2.05, 4.69) is 23.5 Å². The molecular formula is C10H18N2OS. The summed E-state index contributed by atoms with van der Waals surface area (Å²) < 4.78 is 4.12. The third-order valence-corrected chi connectivity index (χ3v) is 2.84. The molecule has 0 atom stereocenters. The molecule has 0 unspecified atom stereocenters. The third-order valence-electron chi connectivity index (χ3n) is 1.75. The van der Waals surface area contributed by atoms with Gasteiger partial charge in [0.2, 0.25) is 0 Å². The molecule has 14 heavy (non-hydrogen) atoms. The Balaban J connectivity index is 0.00000196. The molecule has 0 aliphatic rings. The zero-order valence-electron chi connectivity index (χ0n) is 9.00. The summed E-state index contributed by atoms with van der Waals surface area (Å²) in [7, 11) is 0. The van der Waals surface area contributed by atoms with E-state index in [9.17, 15) is 4.79 Å². The first-order valence-electron chi connectivity index (χ1n) is 4.78. The van der Waals surface area contributed by atoms with Crippen molar-refractivity contribution in [2.45, 2.75) is 39.7 Å². The Bertz CT molecular complexity index is 323. The van der Waals surface area contributed by atoms with Crippen LogP contribution in [0.2, 0.25) is 0 Å². The molecule has 1 aromatic heterocycles. The average molecular weight is 214 g/mol. The normalized spacial score (nSPS) is 11.0. The fourth-order valence-electron chi connectivity index (χ4n) is 1.00. The lowest BCUT2D eigenvalue weighted by molar-refractivity contribution is 0.0939. The van der Waals surface area contributed by atoms with Crippen molar-refractivity contribution in [1.82, 2.24) is 9.69 Å². The summed E-state index contributed by atoms with van der Waals surface area (Å²) in [5.74, 6) is 0.358. The van der Waals surface area contributed by atoms with Crippen LogP contribution in [0.15, 0.2) is 6.07 Å². The van der Waals surface area contributed by atoms with Crippen LogP contribution in [0, 0.1) is 0 Å². The lowest BCUT2D eigenvalue weighted by atomic mass is 10.2. The summed E-state index contributed by atoms with van der Waals surface area (Å²) in [4.78, 5) is 12.7. The summed E-state index contributed by atoms with van der Waals surface area (Å²) in [5, 5.41) is 2.82. The Morgan fingerprint density at radius 1 is 1.50 bits per heavy atom. The first-order valence-corrected chi connectivity index (χ1v) is 5.55. The van der Waals surface area contributed by atoms with Gasteiger partial charge < -0.3 is 5.32 Å². The summed E-state index contributed by atoms with van der Waals surface area (Å²) in [6.45, 7) is 8.07. The van der Waals surface area contributed by atoms with E-state index in [1.54, 1.807) is 0 Å². The minimum absolute atomic E-state index is 0. The van der Waals surface area contributed by atoms with Crippen LogP contribution in [0.1, 0.15) is 50.4 Å². The largest absolute Gasteiger partial charge is 0.348 e. The van der Waals surface area contributed by atoms with Gasteiger partial charge in [0.25, 0.3) is 5.91 Å². The van der Waals surface area contributed by atoms with E-state index in [0.29, 0.717) is 11.6 Å². The van der Waals surface area contributed by atoms with Crippen molar-refractivity contribution in [3.8, 4) is 0 Å². The predicted octanol–water partition coefficient (Wildman–Crippen LogP) is 2.65. The molecule has 1 heterocycles. The summed E-state index contributed by atoms with van der Waals surface area (Å²) in [5.41, 5.74) is 0.535. The summed E-state index contributed by atoms with van der Waals surface area (Å²) in [6, 6.07) is 2.03. The number of hydrogen-bond acceptors (Lipinski definition) is 3. The quantitative estimate of drug-likeness (QED) is 0.840. The van der Waals surface area contributed by atoms with Crippen molar-refractivity contribution in [3.63, 3.8) is 0 Å². The zero-order valence-corrected chi connectivity index (χ0v) is 9.81. The van der Waals surface area contributed by atoms with Gasteiger partial charge in [-0.3, -0.25) is 4.79 Å². The average Bonchev–Trinajstić information content (AvgIpc) is 2.50. The molecule has 0 aliphatic heterocycles. The van der Waals surface area contributed by atoms with Crippen LogP contribution < -0.4 is 5.32 Å². The fraction of sp³-hybridized carbons (Fsp3) is 0.600. The number of amides is 1. The van der Waals surface area contributed by atoms with Crippen molar-refractivity contribution in [2.75, 3.05) is 0 Å². The van der Waals surface area contributed by atoms with Gasteiger partial charge >= 0.3 is 0 Å². The van der Waals surface area contributed by atoms with Gasteiger partial charge in [-0.25, -0.2) is 0 Å². The Hall–Kier alpha value is -0.900. The van der Waals surface area contributed by atoms with E-state index >= 15 is 0 Å². The highest BCUT2D eigenvalue weighted by Gasteiger charge is 2.12. The van der Waals surface area contributed by atoms with E-state index in [1.165, 1.54) is 11.5 Å². The van der Waals surface area contributed by atoms with Gasteiger partial charge in [0.05, 0.1) is 0 Å². The van der Waals surface area contributed by atoms with Gasteiger partial charge in [0.1, 0.15) is 5.69 Å². The second-order valence-corrected chi connectivity index (χ2v) is 4.73. The van der Waals surface area contributed by atoms with Crippen LogP contribution in [0.4, 0.5) is 0 Å². The molecule has 0 aromatic carbocycles. The lowest BCUT2D eigenvalue weighted by Crippen LogP contribution is -2.30. The number of carbonyl (C=O) groups is 1. The maximum atomic E-state index is 11.5. The fourth-order valence-corrected chi connectivity index (χ4v) is 1.72. The number of carbonyl (C=O) groups excluding carboxylic acids is 1. The highest BCUT2D eigenvalue weighted by molar-refractivity contribution is 7.06. The molecular weight excluding hydrogens is 196 g/mol. The van der Waals surface area contributed by atoms with Gasteiger partial charge in [-0.05, 0) is 37.4 Å². The van der Waals surface area contributed by atoms with Gasteiger partial charge in [-0.15, -0.1) is 0 Å². The zero-order chi connectivity index (χ0) is 10.7. The van der Waals surface area contributed by atoms with Crippen LogP contribution in [0.25, 0.3) is 0 Å². The maximum absolute atomic E-state index is 11.5. The smallest absolute Gasteiger partial charge is 0.271 e. The molecule has 4 heteroatoms. The summed E-state index contributed by atoms with van der Waals surface area (Å²) in [6.07, 6.45) is 0. The molecule has 80 valence electrons. The molecule has 0 spiro atoms. The highest BCUT2D eigenvalue weighted by Crippen LogP contribution is 2.19. The van der Waals surface area contributed by atoms with Crippen molar-refractivity contribution in [2.24, 2.45) is 0 Å². The molecule has 1 amide bonds. The molecule has 0 aliphatic carbocycles. The van der Waals surface area contributed by atoms with Gasteiger partial charge in [-0.1, -0.05) is 13.8 Å². The molecule has 1 aromatic rings. The monoisotopic (exact) mass is 214 g/mol. The third kappa shape index (κ3) is 2.80. The molecule has 0 saturated carbocycles. The van der Waals surface area contributed by atoms with Crippen LogP contribution in [-0.4, -0.2) is 16.3 Å². The van der Waals surface area contributed by atoms with E-state index in [0.717, 1.165) is 4.88 Å². The molecule has 1 rings (SSSR count). The van der Waals surface area contributed by atoms with Crippen molar-refractivity contribution >= 4 is 17.4 Å². The first-order chi connectivity index (χ1) is 6.50. The second-order valence-electron chi connectivity index (χ2n) is 3.90. The predicted molar refractivity (Wildman–Crippen MR) is 60.9 cm³/mol. The molecule has 0 saturated heterocycles. The van der Waals surface area contributed by atoms with E-state index in [4.69, 9.17) is 0 Å². The van der Waals surface area contributed by atoms with Crippen LogP contribution in [0.3, 0.4) is 0 Å². The molecule has 0 bridgehead atoms. The lowest BCUT2D eigenvalue weighted by Gasteiger charge is -2.05. The standard InChI is InChI=1S/C10H16N2OS.H2/c1-6(2)9-5-8(12-14-9)10(13)11-7(3)4;/h5-7H,1-4H3,(H,11,13);1H. The minimum atomic E-state index is -0.0804. The Morgan fingerprint density at radius 3 is 2.57 bits per heavy atom. The van der Waals surface area contributed by atoms with E-state index < -0.39 is 0 Å². The van der Waals surface area contributed by atoms with Gasteiger partial charge in [0, 0.05) is 12.3 Å². The van der Waals surface area contributed by atoms with Crippen LogP contribution in [-0.2, 0) is 0 Å². The Morgan fingerprint density at radius 2 is 2.14 bits per heavy atom. The Kier molecular flexibility index (Phi) is 3.63. The van der Waals surface area contributed by atoms with Crippen molar-refractivity contribution in [3.05, 3.63) is 16.6 Å². The number of aromatic nitrogens is 1. The molecule has 0 fully saturated rings. The highest BCUT2D eigenvalue weighted by atomic mass is 32.1. The molecule has 1 N–H and O–H groups in total. The van der Waals surface area contributed by atoms with E-state index in [-0.39, 0.29) is 13.4 Å². The van der Waals surface area contributed by atoms with Crippen LogP contribution in [0.5, 0.6) is 0 Å². The number of nitrogens with zero attached hydrogens (tertiary/aromatic N) is 1. The second kappa shape index (κ2) is 4.55. The first kappa shape index (κ1) is 11.2. The molecule has 0 radical (unpaired) electrons. The number of nitrogens with one attached hydrogen (secondary N) is 1. The van der Waals surface area contributed by atoms with Gasteiger partial charge in [-0.2, -0.15) is 4.37 Å². The topological polar surface area (TPSA) is 42.0 Å². The van der Waals surface area contributed by atoms with Crippen molar-refractivity contribution in [1.29, 1.82) is 0 Å².